The Morgan fingerprint density at radius 2 is 1.67 bits per heavy atom. The highest BCUT2D eigenvalue weighted by molar-refractivity contribution is 9.09. The van der Waals surface area contributed by atoms with E-state index >= 15 is 0 Å². The van der Waals surface area contributed by atoms with Crippen LogP contribution in [-0.4, -0.2) is 19.8 Å². The smallest absolute Gasteiger partial charge is 0.210 e. The molecule has 5 heteroatoms. The first-order chi connectivity index (χ1) is 9.97. The highest BCUT2D eigenvalue weighted by Crippen LogP contribution is 2.12. The third kappa shape index (κ3) is 4.95. The summed E-state index contributed by atoms with van der Waals surface area (Å²) in [7, 11) is -3.44. The minimum absolute atomic E-state index is 0.0557. The van der Waals surface area contributed by atoms with Gasteiger partial charge < -0.3 is 0 Å². The van der Waals surface area contributed by atoms with Crippen LogP contribution < -0.4 is 4.72 Å². The van der Waals surface area contributed by atoms with Crippen molar-refractivity contribution < 1.29 is 8.42 Å². The van der Waals surface area contributed by atoms with Gasteiger partial charge in [0.15, 0.2) is 0 Å². The maximum atomic E-state index is 12.2. The van der Waals surface area contributed by atoms with Crippen LogP contribution in [-0.2, 0) is 16.4 Å². The summed E-state index contributed by atoms with van der Waals surface area (Å²) >= 11 is 3.52. The van der Waals surface area contributed by atoms with E-state index in [9.17, 15) is 8.42 Å². The molecular weight excluding hydrogens is 350 g/mol. The lowest BCUT2D eigenvalue weighted by Crippen LogP contribution is -2.30. The molecule has 0 radical (unpaired) electrons. The number of nitrogens with one attached hydrogen (secondary N) is 1. The molecular formula is C16H18BrNO2S. The molecule has 1 N–H and O–H groups in total. The molecule has 2 rings (SSSR count). The second-order valence-electron chi connectivity index (χ2n) is 4.95. The van der Waals surface area contributed by atoms with Gasteiger partial charge in [-0.05, 0) is 31.0 Å². The van der Waals surface area contributed by atoms with Gasteiger partial charge in [-0.25, -0.2) is 13.1 Å². The number of sulfonamides is 1. The first-order valence-electron chi connectivity index (χ1n) is 6.72. The van der Waals surface area contributed by atoms with E-state index in [-0.39, 0.29) is 4.83 Å². The van der Waals surface area contributed by atoms with E-state index in [1.807, 2.05) is 37.3 Å². The molecule has 0 spiro atoms. The molecule has 0 aliphatic heterocycles. The van der Waals surface area contributed by atoms with Crippen LogP contribution in [0.2, 0.25) is 0 Å². The first kappa shape index (κ1) is 16.2. The normalized spacial score (nSPS) is 13.0. The number of hydrogen-bond donors (Lipinski definition) is 1. The van der Waals surface area contributed by atoms with Crippen molar-refractivity contribution in [1.29, 1.82) is 0 Å². The van der Waals surface area contributed by atoms with Gasteiger partial charge >= 0.3 is 0 Å². The van der Waals surface area contributed by atoms with Gasteiger partial charge in [0.25, 0.3) is 0 Å². The zero-order valence-electron chi connectivity index (χ0n) is 11.8. The predicted octanol–water partition coefficient (Wildman–Crippen LogP) is 3.28. The van der Waals surface area contributed by atoms with Crippen LogP contribution in [0.4, 0.5) is 0 Å². The van der Waals surface area contributed by atoms with E-state index < -0.39 is 10.0 Å². The predicted molar refractivity (Wildman–Crippen MR) is 89.2 cm³/mol. The Hall–Kier alpha value is -1.17. The van der Waals surface area contributed by atoms with Gasteiger partial charge in [-0.3, -0.25) is 0 Å². The van der Waals surface area contributed by atoms with E-state index in [4.69, 9.17) is 0 Å². The van der Waals surface area contributed by atoms with Crippen molar-refractivity contribution in [2.75, 3.05) is 6.54 Å². The summed E-state index contributed by atoms with van der Waals surface area (Å²) < 4.78 is 27.0. The summed E-state index contributed by atoms with van der Waals surface area (Å²) in [5.74, 6) is 0. The maximum Gasteiger partial charge on any atom is 0.240 e. The summed E-state index contributed by atoms with van der Waals surface area (Å²) in [5, 5.41) is 0. The molecule has 2 aromatic carbocycles. The van der Waals surface area contributed by atoms with Gasteiger partial charge in [0.05, 0.1) is 4.90 Å². The average molecular weight is 368 g/mol. The molecule has 0 heterocycles. The van der Waals surface area contributed by atoms with E-state index in [1.165, 1.54) is 5.56 Å². The van der Waals surface area contributed by atoms with Crippen LogP contribution in [0.3, 0.4) is 0 Å². The third-order valence-electron chi connectivity index (χ3n) is 3.13. The van der Waals surface area contributed by atoms with Gasteiger partial charge in [-0.2, -0.15) is 0 Å². The molecule has 1 atom stereocenters. The van der Waals surface area contributed by atoms with Gasteiger partial charge in [0.1, 0.15) is 0 Å². The van der Waals surface area contributed by atoms with Crippen molar-refractivity contribution in [3.8, 4) is 0 Å². The van der Waals surface area contributed by atoms with Crippen molar-refractivity contribution in [3.63, 3.8) is 0 Å². The van der Waals surface area contributed by atoms with Crippen LogP contribution >= 0.6 is 15.9 Å². The fraction of sp³-hybridized carbons (Fsp3) is 0.250. The number of rotatable bonds is 6. The molecule has 0 aromatic heterocycles. The molecule has 0 aliphatic carbocycles. The van der Waals surface area contributed by atoms with Crippen molar-refractivity contribution in [1.82, 2.24) is 4.72 Å². The lowest BCUT2D eigenvalue weighted by Gasteiger charge is -2.12. The molecule has 0 bridgehead atoms. The fourth-order valence-corrected chi connectivity index (χ4v) is 3.77. The Balaban J connectivity index is 1.94. The zero-order chi connectivity index (χ0) is 15.3. The molecule has 21 heavy (non-hydrogen) atoms. The number of alkyl halides is 1. The second kappa shape index (κ2) is 7.20. The fourth-order valence-electron chi connectivity index (χ4n) is 1.94. The van der Waals surface area contributed by atoms with Crippen LogP contribution in [0, 0.1) is 6.92 Å². The SMILES string of the molecule is Cc1ccc(S(=O)(=O)NC[C@H](Br)Cc2ccccc2)cc1. The summed E-state index contributed by atoms with van der Waals surface area (Å²) in [4.78, 5) is 0.354. The average Bonchev–Trinajstić information content (AvgIpc) is 2.47. The van der Waals surface area contributed by atoms with E-state index in [0.29, 0.717) is 11.4 Å². The van der Waals surface area contributed by atoms with Crippen LogP contribution in [0.1, 0.15) is 11.1 Å². The lowest BCUT2D eigenvalue weighted by molar-refractivity contribution is 0.580. The van der Waals surface area contributed by atoms with E-state index in [2.05, 4.69) is 20.7 Å². The third-order valence-corrected chi connectivity index (χ3v) is 5.21. The maximum absolute atomic E-state index is 12.2. The minimum atomic E-state index is -3.44. The number of benzene rings is 2. The Labute approximate surface area is 134 Å². The van der Waals surface area contributed by atoms with E-state index in [0.717, 1.165) is 12.0 Å². The number of halogens is 1. The number of hydrogen-bond acceptors (Lipinski definition) is 2. The second-order valence-corrected chi connectivity index (χ2v) is 8.01. The quantitative estimate of drug-likeness (QED) is 0.796. The Bertz CT molecular complexity index is 669. The van der Waals surface area contributed by atoms with Crippen molar-refractivity contribution >= 4 is 26.0 Å². The molecule has 0 aliphatic rings. The summed E-state index contributed by atoms with van der Waals surface area (Å²) in [6, 6.07) is 16.8. The van der Waals surface area contributed by atoms with Crippen molar-refractivity contribution in [2.24, 2.45) is 0 Å². The molecule has 112 valence electrons. The topological polar surface area (TPSA) is 46.2 Å². The molecule has 0 saturated carbocycles. The summed E-state index contributed by atoms with van der Waals surface area (Å²) in [6.45, 7) is 2.28. The molecule has 2 aromatic rings. The van der Waals surface area contributed by atoms with Crippen LogP contribution in [0.15, 0.2) is 59.5 Å². The molecule has 0 amide bonds. The molecule has 0 unspecified atom stereocenters. The van der Waals surface area contributed by atoms with Crippen molar-refractivity contribution in [2.45, 2.75) is 23.1 Å². The van der Waals surface area contributed by atoms with Gasteiger partial charge in [-0.1, -0.05) is 64.0 Å². The van der Waals surface area contributed by atoms with Crippen LogP contribution in [0.25, 0.3) is 0 Å². The number of aryl methyl sites for hydroxylation is 1. The lowest BCUT2D eigenvalue weighted by atomic mass is 10.1. The zero-order valence-corrected chi connectivity index (χ0v) is 14.2. The highest BCUT2D eigenvalue weighted by Gasteiger charge is 2.15. The van der Waals surface area contributed by atoms with Crippen molar-refractivity contribution in [3.05, 3.63) is 65.7 Å². The van der Waals surface area contributed by atoms with Crippen LogP contribution in [0.5, 0.6) is 0 Å². The molecule has 0 saturated heterocycles. The van der Waals surface area contributed by atoms with E-state index in [1.54, 1.807) is 24.3 Å². The van der Waals surface area contributed by atoms with Gasteiger partial charge in [0.2, 0.25) is 10.0 Å². The minimum Gasteiger partial charge on any atom is -0.210 e. The van der Waals surface area contributed by atoms with Gasteiger partial charge in [0, 0.05) is 11.4 Å². The molecule has 3 nitrogen and oxygen atoms in total. The first-order valence-corrected chi connectivity index (χ1v) is 9.11. The Morgan fingerprint density at radius 3 is 2.29 bits per heavy atom. The van der Waals surface area contributed by atoms with Gasteiger partial charge in [-0.15, -0.1) is 0 Å². The molecule has 0 fully saturated rings. The standard InChI is InChI=1S/C16H18BrNO2S/c1-13-7-9-16(10-8-13)21(19,20)18-12-15(17)11-14-5-3-2-4-6-14/h2-10,15,18H,11-12H2,1H3/t15-/m1/s1. The Morgan fingerprint density at radius 1 is 1.05 bits per heavy atom. The summed E-state index contributed by atoms with van der Waals surface area (Å²) in [6.07, 6.45) is 0.775. The highest BCUT2D eigenvalue weighted by atomic mass is 79.9. The Kier molecular flexibility index (Phi) is 5.56. The monoisotopic (exact) mass is 367 g/mol. The largest absolute Gasteiger partial charge is 0.240 e. The summed E-state index contributed by atoms with van der Waals surface area (Å²) in [5.41, 5.74) is 2.21.